The Kier molecular flexibility index (Phi) is 7.31. The standard InChI is InChI=1S/C14H24N4O2S/c1-4-12-18-10(8-21-12)5-6-16-11(19)7-17-14(20)13(15)9(2)3/h8-9,13H,4-7,15H2,1-3H3,(H,16,19)(H,17,20)/t13-/m0/s1. The Balaban J connectivity index is 2.21. The van der Waals surface area contributed by atoms with Gasteiger partial charge in [-0.1, -0.05) is 20.8 Å². The van der Waals surface area contributed by atoms with Gasteiger partial charge in [0.25, 0.3) is 0 Å². The Morgan fingerprint density at radius 2 is 2.10 bits per heavy atom. The Morgan fingerprint density at radius 3 is 2.67 bits per heavy atom. The van der Waals surface area contributed by atoms with Crippen LogP contribution >= 0.6 is 11.3 Å². The lowest BCUT2D eigenvalue weighted by Crippen LogP contribution is -2.47. The molecule has 0 aliphatic carbocycles. The quantitative estimate of drug-likeness (QED) is 0.650. The molecular formula is C14H24N4O2S. The summed E-state index contributed by atoms with van der Waals surface area (Å²) in [5.74, 6) is -0.469. The third-order valence-electron chi connectivity index (χ3n) is 3.05. The van der Waals surface area contributed by atoms with Gasteiger partial charge in [-0.05, 0) is 12.3 Å². The number of nitrogens with two attached hydrogens (primary N) is 1. The highest BCUT2D eigenvalue weighted by Crippen LogP contribution is 2.10. The van der Waals surface area contributed by atoms with Gasteiger partial charge in [-0.3, -0.25) is 9.59 Å². The van der Waals surface area contributed by atoms with Crippen LogP contribution in [0.15, 0.2) is 5.38 Å². The first-order valence-electron chi connectivity index (χ1n) is 7.17. The summed E-state index contributed by atoms with van der Waals surface area (Å²) in [4.78, 5) is 27.6. The molecule has 1 aromatic heterocycles. The highest BCUT2D eigenvalue weighted by Gasteiger charge is 2.17. The van der Waals surface area contributed by atoms with Crippen LogP contribution in [0.5, 0.6) is 0 Å². The number of aryl methyl sites for hydroxylation is 1. The number of amides is 2. The van der Waals surface area contributed by atoms with E-state index in [0.29, 0.717) is 13.0 Å². The maximum Gasteiger partial charge on any atom is 0.239 e. The highest BCUT2D eigenvalue weighted by molar-refractivity contribution is 7.09. The minimum Gasteiger partial charge on any atom is -0.354 e. The first-order valence-corrected chi connectivity index (χ1v) is 8.05. The van der Waals surface area contributed by atoms with Crippen LogP contribution in [0.4, 0.5) is 0 Å². The number of nitrogens with zero attached hydrogens (tertiary/aromatic N) is 1. The van der Waals surface area contributed by atoms with Crippen molar-refractivity contribution in [3.63, 3.8) is 0 Å². The first-order chi connectivity index (χ1) is 9.93. The van der Waals surface area contributed by atoms with Crippen molar-refractivity contribution in [3.8, 4) is 0 Å². The predicted molar refractivity (Wildman–Crippen MR) is 84.0 cm³/mol. The summed E-state index contributed by atoms with van der Waals surface area (Å²) in [6.07, 6.45) is 1.63. The fourth-order valence-corrected chi connectivity index (χ4v) is 2.39. The van der Waals surface area contributed by atoms with Gasteiger partial charge >= 0.3 is 0 Å². The molecule has 118 valence electrons. The van der Waals surface area contributed by atoms with Gasteiger partial charge in [0, 0.05) is 18.3 Å². The average molecular weight is 312 g/mol. The lowest BCUT2D eigenvalue weighted by molar-refractivity contribution is -0.127. The molecule has 21 heavy (non-hydrogen) atoms. The molecule has 1 atom stereocenters. The molecule has 6 nitrogen and oxygen atoms in total. The van der Waals surface area contributed by atoms with Crippen LogP contribution in [0.3, 0.4) is 0 Å². The molecule has 1 heterocycles. The molecule has 0 aliphatic rings. The number of thiazole rings is 1. The van der Waals surface area contributed by atoms with Crippen molar-refractivity contribution >= 4 is 23.2 Å². The van der Waals surface area contributed by atoms with Crippen molar-refractivity contribution < 1.29 is 9.59 Å². The van der Waals surface area contributed by atoms with Crippen molar-refractivity contribution in [1.29, 1.82) is 0 Å². The monoisotopic (exact) mass is 312 g/mol. The summed E-state index contributed by atoms with van der Waals surface area (Å²) in [7, 11) is 0. The highest BCUT2D eigenvalue weighted by atomic mass is 32.1. The molecule has 1 aromatic rings. The molecule has 2 amide bonds. The molecular weight excluding hydrogens is 288 g/mol. The number of carbonyl (C=O) groups excluding carboxylic acids is 2. The summed E-state index contributed by atoms with van der Waals surface area (Å²) < 4.78 is 0. The Hall–Kier alpha value is -1.47. The van der Waals surface area contributed by atoms with Crippen LogP contribution in [-0.2, 0) is 22.4 Å². The van der Waals surface area contributed by atoms with Gasteiger partial charge < -0.3 is 16.4 Å². The van der Waals surface area contributed by atoms with Crippen LogP contribution in [-0.4, -0.2) is 35.9 Å². The smallest absolute Gasteiger partial charge is 0.239 e. The number of aromatic nitrogens is 1. The maximum absolute atomic E-state index is 11.6. The van der Waals surface area contributed by atoms with Gasteiger partial charge in [0.2, 0.25) is 11.8 Å². The SMILES string of the molecule is CCc1nc(CCNC(=O)CNC(=O)[C@@H](N)C(C)C)cs1. The molecule has 0 aromatic carbocycles. The van der Waals surface area contributed by atoms with Crippen LogP contribution in [0.2, 0.25) is 0 Å². The molecule has 0 bridgehead atoms. The number of rotatable bonds is 8. The van der Waals surface area contributed by atoms with E-state index >= 15 is 0 Å². The van der Waals surface area contributed by atoms with Crippen LogP contribution < -0.4 is 16.4 Å². The summed E-state index contributed by atoms with van der Waals surface area (Å²) in [6.45, 7) is 6.26. The van der Waals surface area contributed by atoms with Crippen molar-refractivity contribution in [2.75, 3.05) is 13.1 Å². The molecule has 0 radical (unpaired) electrons. The van der Waals surface area contributed by atoms with Gasteiger partial charge in [-0.2, -0.15) is 0 Å². The normalized spacial score (nSPS) is 12.2. The van der Waals surface area contributed by atoms with E-state index < -0.39 is 6.04 Å². The topological polar surface area (TPSA) is 97.1 Å². The largest absolute Gasteiger partial charge is 0.354 e. The van der Waals surface area contributed by atoms with E-state index in [9.17, 15) is 9.59 Å². The Morgan fingerprint density at radius 1 is 1.38 bits per heavy atom. The minimum atomic E-state index is -0.583. The molecule has 0 saturated heterocycles. The fraction of sp³-hybridized carbons (Fsp3) is 0.643. The van der Waals surface area contributed by atoms with Gasteiger partial charge in [0.05, 0.1) is 23.3 Å². The van der Waals surface area contributed by atoms with E-state index in [1.54, 1.807) is 11.3 Å². The van der Waals surface area contributed by atoms with E-state index in [2.05, 4.69) is 22.5 Å². The molecule has 0 fully saturated rings. The minimum absolute atomic E-state index is 0.0451. The van der Waals surface area contributed by atoms with E-state index in [4.69, 9.17) is 5.73 Å². The van der Waals surface area contributed by atoms with Crippen LogP contribution in [0.1, 0.15) is 31.5 Å². The molecule has 0 saturated carbocycles. The molecule has 7 heteroatoms. The van der Waals surface area contributed by atoms with E-state index in [-0.39, 0.29) is 24.3 Å². The van der Waals surface area contributed by atoms with Crippen LogP contribution in [0.25, 0.3) is 0 Å². The number of nitrogens with one attached hydrogen (secondary N) is 2. The Bertz CT molecular complexity index is 473. The van der Waals surface area contributed by atoms with Gasteiger partial charge in [0.1, 0.15) is 0 Å². The fourth-order valence-electron chi connectivity index (χ4n) is 1.61. The molecule has 1 rings (SSSR count). The summed E-state index contributed by atoms with van der Waals surface area (Å²) in [6, 6.07) is -0.583. The Labute approximate surface area is 129 Å². The maximum atomic E-state index is 11.6. The van der Waals surface area contributed by atoms with Crippen molar-refractivity contribution in [2.45, 2.75) is 39.7 Å². The zero-order chi connectivity index (χ0) is 15.8. The lowest BCUT2D eigenvalue weighted by atomic mass is 10.1. The van der Waals surface area contributed by atoms with Crippen molar-refractivity contribution in [3.05, 3.63) is 16.1 Å². The zero-order valence-electron chi connectivity index (χ0n) is 12.8. The lowest BCUT2D eigenvalue weighted by Gasteiger charge is -2.15. The molecule has 0 unspecified atom stereocenters. The van der Waals surface area contributed by atoms with Gasteiger partial charge in [-0.15, -0.1) is 11.3 Å². The second-order valence-electron chi connectivity index (χ2n) is 5.17. The first kappa shape index (κ1) is 17.6. The zero-order valence-corrected chi connectivity index (χ0v) is 13.6. The van der Waals surface area contributed by atoms with Crippen molar-refractivity contribution in [2.24, 2.45) is 11.7 Å². The number of hydrogen-bond donors (Lipinski definition) is 3. The summed E-state index contributed by atoms with van der Waals surface area (Å²) >= 11 is 1.63. The molecule has 0 spiro atoms. The number of hydrogen-bond acceptors (Lipinski definition) is 5. The number of carbonyl (C=O) groups is 2. The van der Waals surface area contributed by atoms with E-state index in [1.165, 1.54) is 0 Å². The van der Waals surface area contributed by atoms with Crippen LogP contribution in [0, 0.1) is 5.92 Å². The second kappa shape index (κ2) is 8.74. The van der Waals surface area contributed by atoms with E-state index in [0.717, 1.165) is 17.1 Å². The molecule has 0 aliphatic heterocycles. The molecule has 4 N–H and O–H groups in total. The van der Waals surface area contributed by atoms with Gasteiger partial charge in [0.15, 0.2) is 0 Å². The van der Waals surface area contributed by atoms with Crippen molar-refractivity contribution in [1.82, 2.24) is 15.6 Å². The summed E-state index contributed by atoms with van der Waals surface area (Å²) in [5, 5.41) is 8.40. The van der Waals surface area contributed by atoms with Gasteiger partial charge in [-0.25, -0.2) is 4.98 Å². The third kappa shape index (κ3) is 6.22. The predicted octanol–water partition coefficient (Wildman–Crippen LogP) is 0.464. The van der Waals surface area contributed by atoms with E-state index in [1.807, 2.05) is 19.2 Å². The average Bonchev–Trinajstić information content (AvgIpc) is 2.91. The second-order valence-corrected chi connectivity index (χ2v) is 6.12. The third-order valence-corrected chi connectivity index (χ3v) is 4.09. The summed E-state index contributed by atoms with van der Waals surface area (Å²) in [5.41, 5.74) is 6.68.